The van der Waals surface area contributed by atoms with Crippen molar-refractivity contribution >= 4 is 10.8 Å². The second-order valence-electron chi connectivity index (χ2n) is 6.89. The number of benzene rings is 2. The SMILES string of the molecule is Cc1c(O)cc([C@H]2Oc3cc(O)cc(O)c3C[C@@H]2O)c2cccc(=O)c(O)c12. The lowest BCUT2D eigenvalue weighted by Crippen LogP contribution is -2.30. The number of phenols is 3. The molecule has 1 heterocycles. The van der Waals surface area contributed by atoms with Gasteiger partial charge >= 0.3 is 0 Å². The first kappa shape index (κ1) is 17.9. The maximum Gasteiger partial charge on any atom is 0.220 e. The van der Waals surface area contributed by atoms with Crippen LogP contribution >= 0.6 is 0 Å². The normalized spacial score (nSPS) is 18.5. The Balaban J connectivity index is 1.97. The second-order valence-corrected chi connectivity index (χ2v) is 6.89. The third kappa shape index (κ3) is 2.68. The van der Waals surface area contributed by atoms with Crippen LogP contribution in [0.2, 0.25) is 0 Å². The summed E-state index contributed by atoms with van der Waals surface area (Å²) in [7, 11) is 0. The van der Waals surface area contributed by atoms with Gasteiger partial charge in [-0.15, -0.1) is 0 Å². The van der Waals surface area contributed by atoms with E-state index in [1.165, 1.54) is 24.3 Å². The molecule has 4 rings (SSSR count). The topological polar surface area (TPSA) is 127 Å². The van der Waals surface area contributed by atoms with Crippen molar-refractivity contribution in [3.63, 3.8) is 0 Å². The Kier molecular flexibility index (Phi) is 4.05. The van der Waals surface area contributed by atoms with Crippen LogP contribution in [0.1, 0.15) is 22.8 Å². The Morgan fingerprint density at radius 1 is 1.04 bits per heavy atom. The molecule has 7 heteroatoms. The van der Waals surface area contributed by atoms with Gasteiger partial charge in [-0.05, 0) is 24.4 Å². The summed E-state index contributed by atoms with van der Waals surface area (Å²) in [6.45, 7) is 1.57. The molecule has 28 heavy (non-hydrogen) atoms. The van der Waals surface area contributed by atoms with Crippen LogP contribution in [0.25, 0.3) is 10.8 Å². The lowest BCUT2D eigenvalue weighted by atomic mass is 9.90. The molecule has 0 radical (unpaired) electrons. The maximum absolute atomic E-state index is 12.0. The number of rotatable bonds is 1. The first-order valence-electron chi connectivity index (χ1n) is 8.66. The molecule has 1 aliphatic rings. The molecule has 5 N–H and O–H groups in total. The fourth-order valence-corrected chi connectivity index (χ4v) is 3.69. The van der Waals surface area contributed by atoms with Crippen molar-refractivity contribution in [1.82, 2.24) is 0 Å². The van der Waals surface area contributed by atoms with E-state index in [1.54, 1.807) is 13.0 Å². The number of aliphatic hydroxyl groups excluding tert-OH is 1. The van der Waals surface area contributed by atoms with E-state index >= 15 is 0 Å². The first-order valence-corrected chi connectivity index (χ1v) is 8.66. The Labute approximate surface area is 159 Å². The Bertz CT molecular complexity index is 1170. The molecule has 3 aromatic carbocycles. The summed E-state index contributed by atoms with van der Waals surface area (Å²) in [6, 6.07) is 8.20. The molecule has 3 aromatic rings. The third-order valence-corrected chi connectivity index (χ3v) is 5.11. The van der Waals surface area contributed by atoms with Crippen molar-refractivity contribution in [3.05, 3.63) is 63.3 Å². The van der Waals surface area contributed by atoms with Gasteiger partial charge < -0.3 is 30.3 Å². The van der Waals surface area contributed by atoms with Crippen LogP contribution in [-0.4, -0.2) is 31.6 Å². The van der Waals surface area contributed by atoms with Gasteiger partial charge in [0.05, 0.1) is 6.10 Å². The summed E-state index contributed by atoms with van der Waals surface area (Å²) in [5.74, 6) is -0.846. The maximum atomic E-state index is 12.0. The summed E-state index contributed by atoms with van der Waals surface area (Å²) in [4.78, 5) is 12.0. The molecule has 144 valence electrons. The van der Waals surface area contributed by atoms with E-state index in [1.807, 2.05) is 0 Å². The van der Waals surface area contributed by atoms with Gasteiger partial charge in [0.2, 0.25) is 5.43 Å². The number of ether oxygens (including phenoxy) is 1. The van der Waals surface area contributed by atoms with E-state index in [0.29, 0.717) is 22.1 Å². The summed E-state index contributed by atoms with van der Waals surface area (Å²) in [6.07, 6.45) is -1.98. The van der Waals surface area contributed by atoms with Crippen LogP contribution in [0.5, 0.6) is 28.7 Å². The summed E-state index contributed by atoms with van der Waals surface area (Å²) >= 11 is 0. The molecular formula is C21H18O7. The summed E-state index contributed by atoms with van der Waals surface area (Å²) in [5, 5.41) is 51.7. The van der Waals surface area contributed by atoms with E-state index in [-0.39, 0.29) is 34.8 Å². The Morgan fingerprint density at radius 3 is 2.54 bits per heavy atom. The zero-order chi connectivity index (χ0) is 20.2. The third-order valence-electron chi connectivity index (χ3n) is 5.11. The molecule has 0 unspecified atom stereocenters. The van der Waals surface area contributed by atoms with Crippen LogP contribution in [0, 0.1) is 6.92 Å². The van der Waals surface area contributed by atoms with Gasteiger partial charge in [0.15, 0.2) is 11.9 Å². The molecule has 0 aromatic heterocycles. The molecule has 0 aliphatic carbocycles. The Morgan fingerprint density at radius 2 is 1.79 bits per heavy atom. The molecule has 7 nitrogen and oxygen atoms in total. The van der Waals surface area contributed by atoms with Crippen LogP contribution < -0.4 is 10.2 Å². The highest BCUT2D eigenvalue weighted by atomic mass is 16.5. The average Bonchev–Trinajstić information content (AvgIpc) is 2.78. The zero-order valence-corrected chi connectivity index (χ0v) is 14.9. The quantitative estimate of drug-likeness (QED) is 0.437. The van der Waals surface area contributed by atoms with Crippen molar-refractivity contribution in [2.75, 3.05) is 0 Å². The van der Waals surface area contributed by atoms with Gasteiger partial charge in [-0.2, -0.15) is 0 Å². The van der Waals surface area contributed by atoms with E-state index in [0.717, 1.165) is 6.07 Å². The monoisotopic (exact) mass is 382 g/mol. The average molecular weight is 382 g/mol. The first-order chi connectivity index (χ1) is 13.3. The van der Waals surface area contributed by atoms with Gasteiger partial charge in [-0.3, -0.25) is 4.79 Å². The van der Waals surface area contributed by atoms with Crippen LogP contribution in [0.15, 0.2) is 41.2 Å². The lowest BCUT2D eigenvalue weighted by molar-refractivity contribution is 0.0205. The van der Waals surface area contributed by atoms with E-state index in [4.69, 9.17) is 4.74 Å². The molecule has 2 atom stereocenters. The minimum Gasteiger partial charge on any atom is -0.508 e. The van der Waals surface area contributed by atoms with Gasteiger partial charge in [-0.1, -0.05) is 12.1 Å². The number of aromatic hydroxyl groups is 4. The number of aryl methyl sites for hydroxylation is 1. The van der Waals surface area contributed by atoms with Crippen molar-refractivity contribution < 1.29 is 30.3 Å². The van der Waals surface area contributed by atoms with Gasteiger partial charge in [0.25, 0.3) is 0 Å². The molecular weight excluding hydrogens is 364 g/mol. The van der Waals surface area contributed by atoms with Crippen molar-refractivity contribution in [2.24, 2.45) is 0 Å². The molecule has 1 aliphatic heterocycles. The summed E-state index contributed by atoms with van der Waals surface area (Å²) in [5.41, 5.74) is 0.452. The number of fused-ring (bicyclic) bond motifs is 2. The molecule has 0 saturated carbocycles. The van der Waals surface area contributed by atoms with Crippen molar-refractivity contribution in [3.8, 4) is 28.7 Å². The molecule has 0 spiro atoms. The number of aliphatic hydroxyl groups is 1. The van der Waals surface area contributed by atoms with Crippen LogP contribution in [-0.2, 0) is 6.42 Å². The minimum atomic E-state index is -1.08. The number of hydrogen-bond donors (Lipinski definition) is 5. The fraction of sp³-hybridized carbons (Fsp3) is 0.190. The Hall–Kier alpha value is -3.45. The van der Waals surface area contributed by atoms with Crippen LogP contribution in [0.3, 0.4) is 0 Å². The predicted octanol–water partition coefficient (Wildman–Crippen LogP) is 2.37. The highest BCUT2D eigenvalue weighted by Crippen LogP contribution is 2.44. The second kappa shape index (κ2) is 6.31. The standard InChI is InChI=1S/C21H18O7/c1-9-15(24)7-12(11-3-2-4-14(23)20(27)19(9)11)21-17(26)8-13-16(25)5-10(22)6-18(13)28-21/h2-7,17,21-22,24-26H,8H2,1H3,(H,23,27)/t17-,21+/m0/s1. The smallest absolute Gasteiger partial charge is 0.220 e. The molecule has 0 saturated heterocycles. The van der Waals surface area contributed by atoms with Gasteiger partial charge in [0.1, 0.15) is 23.0 Å². The number of phenolic OH excluding ortho intramolecular Hbond substituents is 3. The van der Waals surface area contributed by atoms with E-state index in [9.17, 15) is 30.3 Å². The van der Waals surface area contributed by atoms with Gasteiger partial charge in [-0.25, -0.2) is 0 Å². The highest BCUT2D eigenvalue weighted by molar-refractivity contribution is 5.94. The van der Waals surface area contributed by atoms with Crippen molar-refractivity contribution in [1.29, 1.82) is 0 Å². The fourth-order valence-electron chi connectivity index (χ4n) is 3.69. The van der Waals surface area contributed by atoms with Gasteiger partial charge in [0, 0.05) is 40.6 Å². The van der Waals surface area contributed by atoms with Crippen LogP contribution in [0.4, 0.5) is 0 Å². The number of hydrogen-bond acceptors (Lipinski definition) is 7. The largest absolute Gasteiger partial charge is 0.508 e. The van der Waals surface area contributed by atoms with E-state index in [2.05, 4.69) is 0 Å². The molecule has 0 fully saturated rings. The van der Waals surface area contributed by atoms with Crippen molar-refractivity contribution in [2.45, 2.75) is 25.6 Å². The molecule has 0 bridgehead atoms. The predicted molar refractivity (Wildman–Crippen MR) is 101 cm³/mol. The summed E-state index contributed by atoms with van der Waals surface area (Å²) < 4.78 is 5.85. The zero-order valence-electron chi connectivity index (χ0n) is 14.9. The minimum absolute atomic E-state index is 0.0555. The molecule has 0 amide bonds. The van der Waals surface area contributed by atoms with E-state index < -0.39 is 23.4 Å². The lowest BCUT2D eigenvalue weighted by Gasteiger charge is -2.32. The highest BCUT2D eigenvalue weighted by Gasteiger charge is 2.34.